The zero-order valence-corrected chi connectivity index (χ0v) is 11.7. The van der Waals surface area contributed by atoms with Gasteiger partial charge in [0, 0.05) is 25.0 Å². The Bertz CT molecular complexity index is 660. The highest BCUT2D eigenvalue weighted by Gasteiger charge is 2.17. The molecule has 0 atom stereocenters. The van der Waals surface area contributed by atoms with E-state index in [-0.39, 0.29) is 5.82 Å². The fourth-order valence-corrected chi connectivity index (χ4v) is 2.85. The highest BCUT2D eigenvalue weighted by atomic mass is 32.1. The first kappa shape index (κ1) is 12.8. The van der Waals surface area contributed by atoms with E-state index in [1.54, 1.807) is 29.7 Å². The number of halogens is 1. The van der Waals surface area contributed by atoms with E-state index in [2.05, 4.69) is 15.3 Å². The molecule has 0 aliphatic carbocycles. The van der Waals surface area contributed by atoms with Crippen molar-refractivity contribution in [3.63, 3.8) is 0 Å². The van der Waals surface area contributed by atoms with Crippen molar-refractivity contribution < 1.29 is 4.39 Å². The van der Waals surface area contributed by atoms with E-state index in [9.17, 15) is 4.39 Å². The predicted molar refractivity (Wildman–Crippen MR) is 82.0 cm³/mol. The molecule has 0 amide bonds. The summed E-state index contributed by atoms with van der Waals surface area (Å²) in [7, 11) is 1.83. The van der Waals surface area contributed by atoms with E-state index in [0.29, 0.717) is 6.67 Å². The van der Waals surface area contributed by atoms with Crippen LogP contribution in [0.2, 0.25) is 0 Å². The van der Waals surface area contributed by atoms with Crippen molar-refractivity contribution in [3.8, 4) is 11.3 Å². The largest absolute Gasteiger partial charge is 0.365 e. The van der Waals surface area contributed by atoms with Gasteiger partial charge in [-0.1, -0.05) is 11.3 Å². The molecule has 4 nitrogen and oxygen atoms in total. The summed E-state index contributed by atoms with van der Waals surface area (Å²) in [5.41, 5.74) is 1.73. The Morgan fingerprint density at radius 3 is 2.75 bits per heavy atom. The van der Waals surface area contributed by atoms with E-state index >= 15 is 0 Å². The second-order valence-electron chi connectivity index (χ2n) is 4.21. The monoisotopic (exact) mass is 288 g/mol. The van der Waals surface area contributed by atoms with Crippen LogP contribution >= 0.6 is 11.3 Å². The van der Waals surface area contributed by atoms with Crippen LogP contribution in [0.4, 0.5) is 14.5 Å². The molecule has 0 bridgehead atoms. The third kappa shape index (κ3) is 2.42. The number of aromatic nitrogens is 1. The summed E-state index contributed by atoms with van der Waals surface area (Å²) in [5, 5.41) is 4.87. The maximum Gasteiger partial charge on any atom is 0.185 e. The summed E-state index contributed by atoms with van der Waals surface area (Å²) in [6.07, 6.45) is 5.62. The molecule has 1 aliphatic heterocycles. The lowest BCUT2D eigenvalue weighted by molar-refractivity contribution is 0.628. The minimum Gasteiger partial charge on any atom is -0.365 e. The number of nitrogens with zero attached hydrogens (tertiary/aromatic N) is 3. The van der Waals surface area contributed by atoms with Crippen LogP contribution in [-0.2, 0) is 0 Å². The van der Waals surface area contributed by atoms with Crippen LogP contribution in [-0.4, -0.2) is 24.9 Å². The van der Waals surface area contributed by atoms with Crippen molar-refractivity contribution in [1.82, 2.24) is 4.98 Å². The van der Waals surface area contributed by atoms with Crippen molar-refractivity contribution in [1.29, 1.82) is 0 Å². The predicted octanol–water partition coefficient (Wildman–Crippen LogP) is 3.35. The Balaban J connectivity index is 2.04. The summed E-state index contributed by atoms with van der Waals surface area (Å²) in [5.74, 6) is -0.248. The highest BCUT2D eigenvalue weighted by molar-refractivity contribution is 7.20. The van der Waals surface area contributed by atoms with Crippen molar-refractivity contribution in [2.45, 2.75) is 0 Å². The molecular weight excluding hydrogens is 275 g/mol. The zero-order chi connectivity index (χ0) is 13.9. The highest BCUT2D eigenvalue weighted by Crippen LogP contribution is 2.38. The fourth-order valence-electron chi connectivity index (χ4n) is 1.93. The lowest BCUT2D eigenvalue weighted by Crippen LogP contribution is -2.17. The molecule has 0 saturated carbocycles. The van der Waals surface area contributed by atoms with Gasteiger partial charge in [-0.3, -0.25) is 4.99 Å². The van der Waals surface area contributed by atoms with Gasteiger partial charge in [0.05, 0.1) is 0 Å². The van der Waals surface area contributed by atoms with E-state index < -0.39 is 0 Å². The summed E-state index contributed by atoms with van der Waals surface area (Å²) >= 11 is 1.55. The molecule has 0 fully saturated rings. The first-order valence-electron chi connectivity index (χ1n) is 6.15. The van der Waals surface area contributed by atoms with Crippen LogP contribution in [0.25, 0.3) is 11.3 Å². The number of aliphatic imine (C=N–C) groups is 1. The van der Waals surface area contributed by atoms with Crippen molar-refractivity contribution in [3.05, 3.63) is 42.4 Å². The van der Waals surface area contributed by atoms with Gasteiger partial charge in [0.25, 0.3) is 0 Å². The van der Waals surface area contributed by atoms with Crippen molar-refractivity contribution >= 4 is 27.7 Å². The van der Waals surface area contributed by atoms with Crippen LogP contribution in [0.3, 0.4) is 0 Å². The van der Waals surface area contributed by atoms with Gasteiger partial charge in [-0.05, 0) is 30.3 Å². The maximum absolute atomic E-state index is 13.1. The molecule has 20 heavy (non-hydrogen) atoms. The maximum atomic E-state index is 13.1. The number of allylic oxidation sites excluding steroid dienone is 1. The number of benzene rings is 1. The molecule has 0 radical (unpaired) electrons. The number of hydrogen-bond acceptors (Lipinski definition) is 5. The minimum atomic E-state index is -0.248. The third-order valence-electron chi connectivity index (χ3n) is 2.89. The molecule has 1 aliphatic rings. The minimum absolute atomic E-state index is 0.248. The Kier molecular flexibility index (Phi) is 3.47. The molecule has 6 heteroatoms. The lowest BCUT2D eigenvalue weighted by atomic mass is 10.1. The van der Waals surface area contributed by atoms with E-state index in [0.717, 1.165) is 21.4 Å². The van der Waals surface area contributed by atoms with Crippen molar-refractivity contribution in [2.75, 3.05) is 23.9 Å². The third-order valence-corrected chi connectivity index (χ3v) is 4.00. The Morgan fingerprint density at radius 2 is 2.10 bits per heavy atom. The van der Waals surface area contributed by atoms with Crippen LogP contribution in [0.5, 0.6) is 0 Å². The van der Waals surface area contributed by atoms with E-state index in [4.69, 9.17) is 0 Å². The number of rotatable bonds is 3. The molecule has 2 heterocycles. The second kappa shape index (κ2) is 5.42. The first-order valence-corrected chi connectivity index (χ1v) is 6.97. The summed E-state index contributed by atoms with van der Waals surface area (Å²) in [4.78, 5) is 10.8. The standard InChI is InChI=1S/C14H13FN4S/c1-16-14-18-12(10-3-5-11(15)6-4-10)13(20-14)19-8-2-7-17-9-19/h2-8H,9H2,1H3,(H,16,18). The number of anilines is 2. The number of hydrogen-bond donors (Lipinski definition) is 1. The van der Waals surface area contributed by atoms with Gasteiger partial charge in [-0.25, -0.2) is 9.37 Å². The molecule has 0 spiro atoms. The van der Waals surface area contributed by atoms with Gasteiger partial charge in [0.2, 0.25) is 0 Å². The molecule has 0 saturated heterocycles. The van der Waals surface area contributed by atoms with Crippen LogP contribution in [0, 0.1) is 5.82 Å². The molecule has 1 N–H and O–H groups in total. The molecule has 3 rings (SSSR count). The number of nitrogens with one attached hydrogen (secondary N) is 1. The molecule has 1 aromatic heterocycles. The average molecular weight is 288 g/mol. The first-order chi connectivity index (χ1) is 9.78. The van der Waals surface area contributed by atoms with Gasteiger partial charge in [-0.2, -0.15) is 0 Å². The Hall–Kier alpha value is -2.21. The van der Waals surface area contributed by atoms with Crippen LogP contribution in [0.1, 0.15) is 0 Å². The fraction of sp³-hybridized carbons (Fsp3) is 0.143. The normalized spacial score (nSPS) is 13.8. The topological polar surface area (TPSA) is 40.5 Å². The zero-order valence-electron chi connectivity index (χ0n) is 10.9. The molecular formula is C14H13FN4S. The quantitative estimate of drug-likeness (QED) is 0.941. The van der Waals surface area contributed by atoms with Gasteiger partial charge in [0.1, 0.15) is 23.2 Å². The van der Waals surface area contributed by atoms with E-state index in [1.807, 2.05) is 24.2 Å². The van der Waals surface area contributed by atoms with Crippen LogP contribution in [0.15, 0.2) is 41.5 Å². The van der Waals surface area contributed by atoms with Gasteiger partial charge in [0.15, 0.2) is 5.13 Å². The average Bonchev–Trinajstić information content (AvgIpc) is 2.93. The second-order valence-corrected chi connectivity index (χ2v) is 5.19. The van der Waals surface area contributed by atoms with Crippen LogP contribution < -0.4 is 10.2 Å². The van der Waals surface area contributed by atoms with Crippen molar-refractivity contribution in [2.24, 2.45) is 4.99 Å². The summed E-state index contributed by atoms with van der Waals surface area (Å²) in [6.45, 7) is 0.566. The lowest BCUT2D eigenvalue weighted by Gasteiger charge is -2.18. The molecule has 102 valence electrons. The van der Waals surface area contributed by atoms with Gasteiger partial charge in [-0.15, -0.1) is 0 Å². The van der Waals surface area contributed by atoms with Gasteiger partial charge < -0.3 is 10.2 Å². The molecule has 1 aromatic carbocycles. The smallest absolute Gasteiger partial charge is 0.185 e. The SMILES string of the molecule is CNc1nc(-c2ccc(F)cc2)c(N2C=CC=NC2)s1. The molecule has 0 unspecified atom stereocenters. The molecule has 2 aromatic rings. The summed E-state index contributed by atoms with van der Waals surface area (Å²) in [6, 6.07) is 6.37. The van der Waals surface area contributed by atoms with Gasteiger partial charge >= 0.3 is 0 Å². The Labute approximate surface area is 120 Å². The van der Waals surface area contributed by atoms with E-state index in [1.165, 1.54) is 12.1 Å². The Morgan fingerprint density at radius 1 is 1.30 bits per heavy atom. The summed E-state index contributed by atoms with van der Waals surface area (Å²) < 4.78 is 13.1. The number of thiazole rings is 1.